The Balaban J connectivity index is 1.25. The highest BCUT2D eigenvalue weighted by molar-refractivity contribution is 6.25. The number of hydrogen-bond donors (Lipinski definition) is 0. The van der Waals surface area contributed by atoms with Crippen LogP contribution in [0.25, 0.3) is 111 Å². The van der Waals surface area contributed by atoms with E-state index >= 15 is 0 Å². The summed E-state index contributed by atoms with van der Waals surface area (Å²) in [4.78, 5) is 16.0. The molecule has 246 valence electrons. The number of furan rings is 1. The normalized spacial score (nSPS) is 11.8. The molecule has 0 N–H and O–H groups in total. The van der Waals surface area contributed by atoms with Crippen LogP contribution in [0.4, 0.5) is 0 Å². The first-order valence-corrected chi connectivity index (χ1v) is 17.9. The van der Waals surface area contributed by atoms with Crippen molar-refractivity contribution < 1.29 is 4.42 Å². The molecule has 0 amide bonds. The maximum Gasteiger partial charge on any atom is 0.165 e. The zero-order valence-electron chi connectivity index (χ0n) is 28.5. The highest BCUT2D eigenvalue weighted by atomic mass is 16.3. The third-order valence-corrected chi connectivity index (χ3v) is 10.4. The summed E-state index contributed by atoms with van der Waals surface area (Å²) in [6, 6.07) is 61.4. The fourth-order valence-electron chi connectivity index (χ4n) is 8.06. The Morgan fingerprint density at radius 3 is 1.55 bits per heavy atom. The largest absolute Gasteiger partial charge is 0.456 e. The van der Waals surface area contributed by atoms with Crippen molar-refractivity contribution in [2.75, 3.05) is 0 Å². The van der Waals surface area contributed by atoms with Crippen LogP contribution in [0.5, 0.6) is 0 Å². The SMILES string of the molecule is c1ccc(-c2cc(-c3ccccc3)cc(-c3nc(-c4ccccc4)nc(-c4c5c(cc6oc7ccccc7c46)-c4cccc6cccc-5c46)n3)c2)cc1. The minimum absolute atomic E-state index is 0.607. The van der Waals surface area contributed by atoms with Crippen LogP contribution in [0.3, 0.4) is 0 Å². The van der Waals surface area contributed by atoms with Gasteiger partial charge in [0.15, 0.2) is 17.5 Å². The van der Waals surface area contributed by atoms with E-state index in [1.807, 2.05) is 42.5 Å². The molecule has 0 aliphatic heterocycles. The van der Waals surface area contributed by atoms with E-state index < -0.39 is 0 Å². The number of benzene rings is 8. The molecule has 0 bridgehead atoms. The molecule has 0 spiro atoms. The second kappa shape index (κ2) is 11.7. The number of aromatic nitrogens is 3. The number of hydrogen-bond acceptors (Lipinski definition) is 4. The van der Waals surface area contributed by atoms with Gasteiger partial charge in [0.1, 0.15) is 11.2 Å². The Morgan fingerprint density at radius 2 is 0.868 bits per heavy atom. The number of rotatable bonds is 5. The summed E-state index contributed by atoms with van der Waals surface area (Å²) in [5.41, 5.74) is 13.5. The zero-order valence-corrected chi connectivity index (χ0v) is 28.5. The maximum atomic E-state index is 6.62. The zero-order chi connectivity index (χ0) is 34.9. The molecular weight excluding hydrogens is 647 g/mol. The maximum absolute atomic E-state index is 6.62. The fraction of sp³-hybridized carbons (Fsp3) is 0. The van der Waals surface area contributed by atoms with Crippen molar-refractivity contribution in [1.29, 1.82) is 0 Å². The molecule has 11 rings (SSSR count). The van der Waals surface area contributed by atoms with Crippen LogP contribution in [0.2, 0.25) is 0 Å². The predicted octanol–water partition coefficient (Wildman–Crippen LogP) is 12.9. The van der Waals surface area contributed by atoms with Crippen LogP contribution in [0, 0.1) is 0 Å². The molecule has 0 atom stereocenters. The lowest BCUT2D eigenvalue weighted by atomic mass is 9.93. The molecule has 1 aliphatic carbocycles. The molecule has 8 aromatic carbocycles. The molecule has 0 fully saturated rings. The molecule has 53 heavy (non-hydrogen) atoms. The summed E-state index contributed by atoms with van der Waals surface area (Å²) in [6.07, 6.45) is 0. The third-order valence-electron chi connectivity index (χ3n) is 10.4. The lowest BCUT2D eigenvalue weighted by Gasteiger charge is -2.15. The predicted molar refractivity (Wildman–Crippen MR) is 216 cm³/mol. The number of fused-ring (bicyclic) bond motifs is 6. The lowest BCUT2D eigenvalue weighted by molar-refractivity contribution is 0.669. The molecule has 2 aromatic heterocycles. The summed E-state index contributed by atoms with van der Waals surface area (Å²) in [5.74, 6) is 1.83. The Morgan fingerprint density at radius 1 is 0.321 bits per heavy atom. The average molecular weight is 676 g/mol. The van der Waals surface area contributed by atoms with E-state index in [4.69, 9.17) is 19.4 Å². The molecular formula is C49H29N3O. The second-order valence-corrected chi connectivity index (χ2v) is 13.6. The van der Waals surface area contributed by atoms with E-state index in [2.05, 4.69) is 133 Å². The standard InChI is InChI=1S/C49H29N3O/c1-4-14-30(15-5-1)34-26-35(31-16-6-2-7-17-31)28-36(27-34)48-50-47(33-18-8-3-9-19-33)51-49(52-48)46-44-39-24-13-21-32-20-12-23-37(43(32)39)40(44)29-42-45(46)38-22-10-11-25-41(38)53-42/h1-29H. The highest BCUT2D eigenvalue weighted by Crippen LogP contribution is 2.54. The highest BCUT2D eigenvalue weighted by Gasteiger charge is 2.30. The van der Waals surface area contributed by atoms with Gasteiger partial charge < -0.3 is 4.42 Å². The van der Waals surface area contributed by atoms with Gasteiger partial charge in [0.2, 0.25) is 0 Å². The molecule has 10 aromatic rings. The van der Waals surface area contributed by atoms with Gasteiger partial charge in [0.25, 0.3) is 0 Å². The monoisotopic (exact) mass is 675 g/mol. The van der Waals surface area contributed by atoms with E-state index in [1.54, 1.807) is 0 Å². The summed E-state index contributed by atoms with van der Waals surface area (Å²) in [6.45, 7) is 0. The van der Waals surface area contributed by atoms with Gasteiger partial charge in [-0.25, -0.2) is 15.0 Å². The smallest absolute Gasteiger partial charge is 0.165 e. The van der Waals surface area contributed by atoms with Crippen molar-refractivity contribution in [1.82, 2.24) is 15.0 Å². The minimum atomic E-state index is 0.607. The second-order valence-electron chi connectivity index (χ2n) is 13.6. The molecule has 4 heteroatoms. The molecule has 0 saturated heterocycles. The van der Waals surface area contributed by atoms with E-state index in [-0.39, 0.29) is 0 Å². The van der Waals surface area contributed by atoms with Gasteiger partial charge in [-0.1, -0.05) is 146 Å². The van der Waals surface area contributed by atoms with Gasteiger partial charge in [-0.3, -0.25) is 0 Å². The Kier molecular flexibility index (Phi) is 6.52. The Bertz CT molecular complexity index is 2980. The van der Waals surface area contributed by atoms with Gasteiger partial charge in [-0.15, -0.1) is 0 Å². The Labute approximate surface area is 305 Å². The van der Waals surface area contributed by atoms with Crippen molar-refractivity contribution in [3.63, 3.8) is 0 Å². The molecule has 0 radical (unpaired) electrons. The van der Waals surface area contributed by atoms with Crippen molar-refractivity contribution in [3.05, 3.63) is 176 Å². The van der Waals surface area contributed by atoms with E-state index in [0.717, 1.165) is 72.0 Å². The number of para-hydroxylation sites is 1. The Hall–Kier alpha value is -7.17. The van der Waals surface area contributed by atoms with Gasteiger partial charge in [0, 0.05) is 33.0 Å². The van der Waals surface area contributed by atoms with Crippen LogP contribution in [-0.4, -0.2) is 15.0 Å². The lowest BCUT2D eigenvalue weighted by Crippen LogP contribution is -2.02. The fourth-order valence-corrected chi connectivity index (χ4v) is 8.06. The van der Waals surface area contributed by atoms with Gasteiger partial charge >= 0.3 is 0 Å². The van der Waals surface area contributed by atoms with Crippen molar-refractivity contribution in [2.24, 2.45) is 0 Å². The van der Waals surface area contributed by atoms with Crippen LogP contribution >= 0.6 is 0 Å². The molecule has 0 saturated carbocycles. The average Bonchev–Trinajstić information content (AvgIpc) is 3.77. The molecule has 0 unspecified atom stereocenters. The first-order chi connectivity index (χ1) is 26.3. The minimum Gasteiger partial charge on any atom is -0.456 e. The van der Waals surface area contributed by atoms with E-state index in [0.29, 0.717) is 17.5 Å². The third kappa shape index (κ3) is 4.73. The first-order valence-electron chi connectivity index (χ1n) is 17.9. The molecule has 1 aliphatic rings. The van der Waals surface area contributed by atoms with Crippen molar-refractivity contribution in [3.8, 4) is 78.7 Å². The number of nitrogens with zero attached hydrogens (tertiary/aromatic N) is 3. The molecule has 4 nitrogen and oxygen atoms in total. The van der Waals surface area contributed by atoms with Crippen molar-refractivity contribution in [2.45, 2.75) is 0 Å². The summed E-state index contributed by atoms with van der Waals surface area (Å²) >= 11 is 0. The van der Waals surface area contributed by atoms with Crippen LogP contribution in [0.15, 0.2) is 180 Å². The van der Waals surface area contributed by atoms with E-state index in [1.165, 1.54) is 21.9 Å². The van der Waals surface area contributed by atoms with Crippen LogP contribution < -0.4 is 0 Å². The quantitative estimate of drug-likeness (QED) is 0.182. The van der Waals surface area contributed by atoms with Crippen LogP contribution in [0.1, 0.15) is 0 Å². The van der Waals surface area contributed by atoms with Gasteiger partial charge in [-0.05, 0) is 80.0 Å². The van der Waals surface area contributed by atoms with Gasteiger partial charge in [0.05, 0.1) is 0 Å². The summed E-state index contributed by atoms with van der Waals surface area (Å²) in [5, 5.41) is 4.48. The summed E-state index contributed by atoms with van der Waals surface area (Å²) < 4.78 is 6.62. The van der Waals surface area contributed by atoms with Crippen LogP contribution in [-0.2, 0) is 0 Å². The topological polar surface area (TPSA) is 51.8 Å². The van der Waals surface area contributed by atoms with Gasteiger partial charge in [-0.2, -0.15) is 0 Å². The first kappa shape index (κ1) is 29.5. The van der Waals surface area contributed by atoms with E-state index in [9.17, 15) is 0 Å². The summed E-state index contributed by atoms with van der Waals surface area (Å²) in [7, 11) is 0. The molecule has 2 heterocycles. The van der Waals surface area contributed by atoms with Crippen molar-refractivity contribution >= 4 is 32.7 Å².